The molecule has 14 heavy (non-hydrogen) atoms. The van der Waals surface area contributed by atoms with Crippen LogP contribution < -0.4 is 0 Å². The van der Waals surface area contributed by atoms with Crippen molar-refractivity contribution >= 4 is 27.4 Å². The van der Waals surface area contributed by atoms with E-state index in [9.17, 15) is 13.2 Å². The maximum atomic E-state index is 11.1. The Morgan fingerprint density at radius 1 is 1.64 bits per heavy atom. The number of nitrogens with zero attached hydrogens (tertiary/aromatic N) is 2. The predicted octanol–water partition coefficient (Wildman–Crippen LogP) is -0.00660. The molecule has 0 spiro atoms. The third kappa shape index (κ3) is 3.35. The van der Waals surface area contributed by atoms with Crippen LogP contribution in [0.15, 0.2) is 12.4 Å². The number of aliphatic carboxylic acids is 1. The van der Waals surface area contributed by atoms with Crippen LogP contribution in [0.3, 0.4) is 0 Å². The molecule has 8 heteroatoms. The van der Waals surface area contributed by atoms with Crippen LogP contribution in [0.1, 0.15) is 0 Å². The molecule has 0 aliphatic carbocycles. The molecule has 0 saturated carbocycles. The van der Waals surface area contributed by atoms with Crippen LogP contribution in [0.5, 0.6) is 0 Å². The van der Waals surface area contributed by atoms with Gasteiger partial charge in [-0.3, -0.25) is 9.48 Å². The SMILES string of the molecule is O=C(O)CS(=O)(=O)Cn1cc(Cl)cn1. The van der Waals surface area contributed by atoms with Crippen molar-refractivity contribution in [2.45, 2.75) is 5.88 Å². The van der Waals surface area contributed by atoms with Crippen LogP contribution in [0.4, 0.5) is 0 Å². The van der Waals surface area contributed by atoms with Gasteiger partial charge in [-0.2, -0.15) is 5.10 Å². The molecule has 1 rings (SSSR count). The van der Waals surface area contributed by atoms with Crippen LogP contribution in [0.2, 0.25) is 5.02 Å². The van der Waals surface area contributed by atoms with Crippen molar-refractivity contribution in [3.8, 4) is 0 Å². The van der Waals surface area contributed by atoms with Gasteiger partial charge in [0.05, 0.1) is 11.2 Å². The van der Waals surface area contributed by atoms with E-state index in [-0.39, 0.29) is 0 Å². The topological polar surface area (TPSA) is 89.3 Å². The number of rotatable bonds is 4. The van der Waals surface area contributed by atoms with E-state index in [1.807, 2.05) is 0 Å². The van der Waals surface area contributed by atoms with Gasteiger partial charge in [0, 0.05) is 6.20 Å². The minimum atomic E-state index is -3.68. The number of carboxylic acid groups (broad SMARTS) is 1. The molecule has 0 aromatic carbocycles. The summed E-state index contributed by atoms with van der Waals surface area (Å²) in [5, 5.41) is 12.2. The Kier molecular flexibility index (Phi) is 3.12. The second-order valence-corrected chi connectivity index (χ2v) is 5.08. The Labute approximate surface area is 85.0 Å². The van der Waals surface area contributed by atoms with E-state index >= 15 is 0 Å². The standard InChI is InChI=1S/C6H7ClN2O4S/c7-5-1-8-9(2-5)4-14(12,13)3-6(10)11/h1-2H,3-4H2,(H,10,11). The number of halogens is 1. The van der Waals surface area contributed by atoms with Crippen molar-refractivity contribution in [1.29, 1.82) is 0 Å². The number of aromatic nitrogens is 2. The average Bonchev–Trinajstić information content (AvgIpc) is 2.30. The quantitative estimate of drug-likeness (QED) is 0.797. The van der Waals surface area contributed by atoms with Gasteiger partial charge in [0.2, 0.25) is 0 Å². The summed E-state index contributed by atoms with van der Waals surface area (Å²) in [4.78, 5) is 10.2. The molecule has 0 aliphatic heterocycles. The molecule has 1 aromatic heterocycles. The first-order chi connectivity index (χ1) is 6.39. The van der Waals surface area contributed by atoms with Crippen molar-refractivity contribution in [3.05, 3.63) is 17.4 Å². The fourth-order valence-electron chi connectivity index (χ4n) is 0.844. The molecular formula is C6H7ClN2O4S. The van der Waals surface area contributed by atoms with E-state index in [2.05, 4.69) is 5.10 Å². The summed E-state index contributed by atoms with van der Waals surface area (Å²) < 4.78 is 23.3. The van der Waals surface area contributed by atoms with Crippen LogP contribution in [-0.4, -0.2) is 35.0 Å². The van der Waals surface area contributed by atoms with E-state index in [1.165, 1.54) is 12.4 Å². The first-order valence-corrected chi connectivity index (χ1v) is 5.69. The molecule has 78 valence electrons. The molecule has 0 saturated heterocycles. The predicted molar refractivity (Wildman–Crippen MR) is 48.7 cm³/mol. The third-order valence-corrected chi connectivity index (χ3v) is 2.81. The van der Waals surface area contributed by atoms with Gasteiger partial charge in [0.1, 0.15) is 11.6 Å². The van der Waals surface area contributed by atoms with Crippen molar-refractivity contribution in [2.75, 3.05) is 5.75 Å². The molecule has 0 unspecified atom stereocenters. The zero-order valence-electron chi connectivity index (χ0n) is 6.92. The molecule has 1 heterocycles. The highest BCUT2D eigenvalue weighted by molar-refractivity contribution is 7.91. The molecule has 1 aromatic rings. The summed E-state index contributed by atoms with van der Waals surface area (Å²) in [7, 11) is -3.68. The fraction of sp³-hybridized carbons (Fsp3) is 0.333. The van der Waals surface area contributed by atoms with Crippen molar-refractivity contribution < 1.29 is 18.3 Å². The molecule has 0 radical (unpaired) electrons. The molecule has 0 amide bonds. The lowest BCUT2D eigenvalue weighted by Gasteiger charge is -2.00. The summed E-state index contributed by atoms with van der Waals surface area (Å²) in [6.07, 6.45) is 2.58. The summed E-state index contributed by atoms with van der Waals surface area (Å²) in [5.41, 5.74) is 0. The van der Waals surface area contributed by atoms with Crippen LogP contribution in [0, 0.1) is 0 Å². The van der Waals surface area contributed by atoms with Crippen molar-refractivity contribution in [1.82, 2.24) is 9.78 Å². The first-order valence-electron chi connectivity index (χ1n) is 3.49. The zero-order valence-corrected chi connectivity index (χ0v) is 8.49. The molecule has 6 nitrogen and oxygen atoms in total. The zero-order chi connectivity index (χ0) is 10.8. The first kappa shape index (κ1) is 11.0. The van der Waals surface area contributed by atoms with E-state index < -0.39 is 27.4 Å². The summed E-state index contributed by atoms with van der Waals surface area (Å²) in [6, 6.07) is 0. The van der Waals surface area contributed by atoms with E-state index in [1.54, 1.807) is 0 Å². The molecule has 0 bridgehead atoms. The van der Waals surface area contributed by atoms with Crippen LogP contribution >= 0.6 is 11.6 Å². The Bertz CT molecular complexity index is 438. The Morgan fingerprint density at radius 2 is 2.29 bits per heavy atom. The highest BCUT2D eigenvalue weighted by atomic mass is 35.5. The maximum absolute atomic E-state index is 11.1. The molecule has 1 N–H and O–H groups in total. The van der Waals surface area contributed by atoms with Gasteiger partial charge in [-0.1, -0.05) is 11.6 Å². The van der Waals surface area contributed by atoms with Crippen LogP contribution in [0.25, 0.3) is 0 Å². The normalized spacial score (nSPS) is 11.5. The average molecular weight is 239 g/mol. The molecular weight excluding hydrogens is 232 g/mol. The van der Waals surface area contributed by atoms with Crippen LogP contribution in [-0.2, 0) is 20.5 Å². The number of carboxylic acids is 1. The highest BCUT2D eigenvalue weighted by Crippen LogP contribution is 2.06. The Balaban J connectivity index is 2.73. The van der Waals surface area contributed by atoms with Crippen molar-refractivity contribution in [3.63, 3.8) is 0 Å². The Morgan fingerprint density at radius 3 is 2.71 bits per heavy atom. The van der Waals surface area contributed by atoms with E-state index in [0.717, 1.165) is 4.68 Å². The lowest BCUT2D eigenvalue weighted by Crippen LogP contribution is -2.20. The smallest absolute Gasteiger partial charge is 0.318 e. The highest BCUT2D eigenvalue weighted by Gasteiger charge is 2.16. The van der Waals surface area contributed by atoms with Gasteiger partial charge in [-0.25, -0.2) is 8.42 Å². The number of carbonyl (C=O) groups is 1. The van der Waals surface area contributed by atoms with Gasteiger partial charge in [0.25, 0.3) is 0 Å². The van der Waals surface area contributed by atoms with E-state index in [4.69, 9.17) is 16.7 Å². The van der Waals surface area contributed by atoms with Gasteiger partial charge < -0.3 is 5.11 Å². The summed E-state index contributed by atoms with van der Waals surface area (Å²) in [6.45, 7) is 0. The van der Waals surface area contributed by atoms with Crippen molar-refractivity contribution in [2.24, 2.45) is 0 Å². The van der Waals surface area contributed by atoms with Gasteiger partial charge in [0.15, 0.2) is 9.84 Å². The number of hydrogen-bond donors (Lipinski definition) is 1. The second kappa shape index (κ2) is 3.97. The summed E-state index contributed by atoms with van der Waals surface area (Å²) >= 11 is 5.50. The monoisotopic (exact) mass is 238 g/mol. The lowest BCUT2D eigenvalue weighted by molar-refractivity contribution is -0.134. The maximum Gasteiger partial charge on any atom is 0.318 e. The van der Waals surface area contributed by atoms with Gasteiger partial charge >= 0.3 is 5.97 Å². The Hall–Kier alpha value is -1.08. The summed E-state index contributed by atoms with van der Waals surface area (Å²) in [5.74, 6) is -2.78. The minimum Gasteiger partial charge on any atom is -0.480 e. The number of sulfone groups is 1. The number of hydrogen-bond acceptors (Lipinski definition) is 4. The van der Waals surface area contributed by atoms with Gasteiger partial charge in [-0.15, -0.1) is 0 Å². The fourth-order valence-corrected chi connectivity index (χ4v) is 2.01. The second-order valence-electron chi connectivity index (χ2n) is 2.61. The lowest BCUT2D eigenvalue weighted by atomic mass is 10.7. The third-order valence-electron chi connectivity index (χ3n) is 1.27. The minimum absolute atomic E-state index is 0.301. The van der Waals surface area contributed by atoms with Gasteiger partial charge in [-0.05, 0) is 0 Å². The molecule has 0 fully saturated rings. The molecule has 0 aliphatic rings. The largest absolute Gasteiger partial charge is 0.480 e. The van der Waals surface area contributed by atoms with E-state index in [0.29, 0.717) is 5.02 Å². The molecule has 0 atom stereocenters.